The van der Waals surface area contributed by atoms with Gasteiger partial charge in [-0.1, -0.05) is 11.6 Å². The molecule has 0 fully saturated rings. The fraction of sp³-hybridized carbons (Fsp3) is 0.100. The van der Waals surface area contributed by atoms with Crippen molar-refractivity contribution in [2.24, 2.45) is 0 Å². The Bertz CT molecular complexity index is 572. The molecule has 2 aromatic rings. The van der Waals surface area contributed by atoms with Crippen molar-refractivity contribution in [1.82, 2.24) is 9.36 Å². The van der Waals surface area contributed by atoms with Gasteiger partial charge in [0.25, 0.3) is 5.91 Å². The van der Waals surface area contributed by atoms with E-state index in [0.29, 0.717) is 26.0 Å². The summed E-state index contributed by atoms with van der Waals surface area (Å²) in [5.74, 6) is 0.367. The maximum absolute atomic E-state index is 11.9. The largest absolute Gasteiger partial charge is 0.297 e. The number of hydrogen-bond acceptors (Lipinski definition) is 4. The van der Waals surface area contributed by atoms with Crippen molar-refractivity contribution in [2.45, 2.75) is 6.92 Å². The number of aromatic nitrogens is 2. The van der Waals surface area contributed by atoms with Gasteiger partial charge >= 0.3 is 0 Å². The maximum atomic E-state index is 11.9. The Morgan fingerprint density at radius 1 is 1.53 bits per heavy atom. The number of aryl methyl sites for hydroxylation is 1. The van der Waals surface area contributed by atoms with Gasteiger partial charge in [-0.3, -0.25) is 10.1 Å². The number of benzene rings is 1. The molecule has 1 heterocycles. The number of amides is 1. The monoisotopic (exact) mass is 331 g/mol. The molecule has 0 aliphatic carbocycles. The summed E-state index contributed by atoms with van der Waals surface area (Å²) >= 11 is 10.3. The third-order valence-corrected chi connectivity index (χ3v) is 3.57. The van der Waals surface area contributed by atoms with Crippen LogP contribution in [0.15, 0.2) is 22.7 Å². The van der Waals surface area contributed by atoms with Crippen molar-refractivity contribution < 1.29 is 4.79 Å². The van der Waals surface area contributed by atoms with Gasteiger partial charge in [-0.2, -0.15) is 4.37 Å². The van der Waals surface area contributed by atoms with E-state index in [1.807, 2.05) is 0 Å². The van der Waals surface area contributed by atoms with E-state index in [9.17, 15) is 4.79 Å². The molecular weight excluding hydrogens is 326 g/mol. The molecule has 4 nitrogen and oxygen atoms in total. The quantitative estimate of drug-likeness (QED) is 0.915. The van der Waals surface area contributed by atoms with Crippen molar-refractivity contribution >= 4 is 50.1 Å². The smallest absolute Gasteiger partial charge is 0.258 e. The second-order valence-corrected chi connectivity index (χ2v) is 5.27. The Morgan fingerprint density at radius 2 is 2.29 bits per heavy atom. The van der Waals surface area contributed by atoms with Gasteiger partial charge in [0.15, 0.2) is 0 Å². The molecule has 17 heavy (non-hydrogen) atoms. The summed E-state index contributed by atoms with van der Waals surface area (Å²) in [6.07, 6.45) is 0. The van der Waals surface area contributed by atoms with Crippen LogP contribution in [0.1, 0.15) is 16.2 Å². The summed E-state index contributed by atoms with van der Waals surface area (Å²) in [6, 6.07) is 5.02. The Kier molecular flexibility index (Phi) is 3.76. The molecular formula is C10H7BrClN3OS. The molecule has 0 unspecified atom stereocenters. The lowest BCUT2D eigenvalue weighted by molar-refractivity contribution is 0.102. The predicted molar refractivity (Wildman–Crippen MR) is 71.8 cm³/mol. The third-order valence-electron chi connectivity index (χ3n) is 1.92. The normalized spacial score (nSPS) is 10.3. The summed E-state index contributed by atoms with van der Waals surface area (Å²) in [5.41, 5.74) is 0.463. The number of carbonyl (C=O) groups is 1. The van der Waals surface area contributed by atoms with Gasteiger partial charge in [0, 0.05) is 21.0 Å². The molecule has 0 radical (unpaired) electrons. The highest BCUT2D eigenvalue weighted by Gasteiger charge is 2.12. The van der Waals surface area contributed by atoms with E-state index in [-0.39, 0.29) is 5.91 Å². The minimum Gasteiger partial charge on any atom is -0.297 e. The van der Waals surface area contributed by atoms with Crippen LogP contribution in [-0.2, 0) is 0 Å². The first-order valence-electron chi connectivity index (χ1n) is 4.63. The molecule has 2 rings (SSSR count). The maximum Gasteiger partial charge on any atom is 0.258 e. The molecule has 0 atom stereocenters. The van der Waals surface area contributed by atoms with Gasteiger partial charge in [0.1, 0.15) is 5.82 Å². The standard InChI is InChI=1S/C10H7BrClN3OS/c1-5-13-10(17-15-5)14-9(16)7-4-6(12)2-3-8(7)11/h2-4H,1H3,(H,13,14,15,16). The molecule has 88 valence electrons. The molecule has 0 aliphatic rings. The van der Waals surface area contributed by atoms with Crippen LogP contribution in [0.4, 0.5) is 5.13 Å². The van der Waals surface area contributed by atoms with Crippen molar-refractivity contribution in [3.8, 4) is 0 Å². The van der Waals surface area contributed by atoms with E-state index in [0.717, 1.165) is 11.5 Å². The van der Waals surface area contributed by atoms with Crippen LogP contribution in [-0.4, -0.2) is 15.3 Å². The van der Waals surface area contributed by atoms with Gasteiger partial charge in [0.05, 0.1) is 5.56 Å². The Labute approximate surface area is 115 Å². The van der Waals surface area contributed by atoms with Gasteiger partial charge in [0.2, 0.25) is 5.13 Å². The Balaban J connectivity index is 2.22. The van der Waals surface area contributed by atoms with Crippen LogP contribution in [0.3, 0.4) is 0 Å². The predicted octanol–water partition coefficient (Wildman–Crippen LogP) is 3.51. The lowest BCUT2D eigenvalue weighted by atomic mass is 10.2. The second-order valence-electron chi connectivity index (χ2n) is 3.23. The summed E-state index contributed by atoms with van der Waals surface area (Å²) in [4.78, 5) is 16.0. The first-order chi connectivity index (χ1) is 8.06. The zero-order valence-electron chi connectivity index (χ0n) is 8.70. The molecule has 0 saturated heterocycles. The molecule has 0 spiro atoms. The van der Waals surface area contributed by atoms with Crippen molar-refractivity contribution in [2.75, 3.05) is 5.32 Å². The Hall–Kier alpha value is -0.980. The molecule has 0 bridgehead atoms. The number of hydrogen-bond donors (Lipinski definition) is 1. The average molecular weight is 333 g/mol. The zero-order chi connectivity index (χ0) is 12.4. The summed E-state index contributed by atoms with van der Waals surface area (Å²) in [5, 5.41) is 3.64. The van der Waals surface area contributed by atoms with Gasteiger partial charge in [-0.15, -0.1) is 0 Å². The van der Waals surface area contributed by atoms with Crippen LogP contribution < -0.4 is 5.32 Å². The number of nitrogens with zero attached hydrogens (tertiary/aromatic N) is 2. The molecule has 1 aromatic carbocycles. The topological polar surface area (TPSA) is 54.9 Å². The second kappa shape index (κ2) is 5.12. The molecule has 7 heteroatoms. The van der Waals surface area contributed by atoms with Crippen molar-refractivity contribution in [1.29, 1.82) is 0 Å². The summed E-state index contributed by atoms with van der Waals surface area (Å²) in [6.45, 7) is 1.77. The van der Waals surface area contributed by atoms with Crippen LogP contribution >= 0.6 is 39.1 Å². The molecule has 1 amide bonds. The first-order valence-corrected chi connectivity index (χ1v) is 6.57. The fourth-order valence-electron chi connectivity index (χ4n) is 1.18. The highest BCUT2D eigenvalue weighted by molar-refractivity contribution is 9.10. The third kappa shape index (κ3) is 3.02. The van der Waals surface area contributed by atoms with E-state index < -0.39 is 0 Å². The van der Waals surface area contributed by atoms with Crippen molar-refractivity contribution in [3.63, 3.8) is 0 Å². The van der Waals surface area contributed by atoms with E-state index in [1.165, 1.54) is 0 Å². The molecule has 0 saturated carbocycles. The lowest BCUT2D eigenvalue weighted by Gasteiger charge is -2.04. The summed E-state index contributed by atoms with van der Waals surface area (Å²) < 4.78 is 4.66. The molecule has 0 aliphatic heterocycles. The van der Waals surface area contributed by atoms with E-state index >= 15 is 0 Å². The number of halogens is 2. The van der Waals surface area contributed by atoms with Gasteiger partial charge < -0.3 is 0 Å². The highest BCUT2D eigenvalue weighted by Crippen LogP contribution is 2.22. The SMILES string of the molecule is Cc1nsc(NC(=O)c2cc(Cl)ccc2Br)n1. The molecule has 1 N–H and O–H groups in total. The fourth-order valence-corrected chi connectivity index (χ4v) is 2.35. The lowest BCUT2D eigenvalue weighted by Crippen LogP contribution is -2.12. The first kappa shape index (κ1) is 12.5. The Morgan fingerprint density at radius 3 is 2.94 bits per heavy atom. The minimum atomic E-state index is -0.268. The van der Waals surface area contributed by atoms with Crippen LogP contribution in [0.5, 0.6) is 0 Å². The van der Waals surface area contributed by atoms with Crippen LogP contribution in [0.25, 0.3) is 0 Å². The van der Waals surface area contributed by atoms with Crippen molar-refractivity contribution in [3.05, 3.63) is 39.1 Å². The van der Waals surface area contributed by atoms with E-state index in [1.54, 1.807) is 25.1 Å². The minimum absolute atomic E-state index is 0.268. The number of anilines is 1. The van der Waals surface area contributed by atoms with E-state index in [4.69, 9.17) is 11.6 Å². The van der Waals surface area contributed by atoms with Crippen LogP contribution in [0, 0.1) is 6.92 Å². The average Bonchev–Trinajstić information content (AvgIpc) is 2.67. The summed E-state index contributed by atoms with van der Waals surface area (Å²) in [7, 11) is 0. The van der Waals surface area contributed by atoms with Gasteiger partial charge in [-0.05, 0) is 41.1 Å². The molecule has 1 aromatic heterocycles. The zero-order valence-corrected chi connectivity index (χ0v) is 11.9. The number of nitrogens with one attached hydrogen (secondary N) is 1. The number of carbonyl (C=O) groups excluding carboxylic acids is 1. The van der Waals surface area contributed by atoms with E-state index in [2.05, 4.69) is 30.6 Å². The number of rotatable bonds is 2. The highest BCUT2D eigenvalue weighted by atomic mass is 79.9. The van der Waals surface area contributed by atoms with Crippen LogP contribution in [0.2, 0.25) is 5.02 Å². The van der Waals surface area contributed by atoms with Gasteiger partial charge in [-0.25, -0.2) is 4.98 Å².